The number of rotatable bonds is 7. The first-order valence-corrected chi connectivity index (χ1v) is 8.38. The van der Waals surface area contributed by atoms with Crippen molar-refractivity contribution in [1.29, 1.82) is 0 Å². The molecule has 2 aromatic carbocycles. The Hall–Kier alpha value is -3.06. The van der Waals surface area contributed by atoms with E-state index in [0.29, 0.717) is 41.5 Å². The van der Waals surface area contributed by atoms with Crippen molar-refractivity contribution in [2.75, 3.05) is 32.8 Å². The van der Waals surface area contributed by atoms with Crippen molar-refractivity contribution in [1.82, 2.24) is 4.98 Å². The highest BCUT2D eigenvalue weighted by atomic mass is 19.1. The zero-order chi connectivity index (χ0) is 19.4. The van der Waals surface area contributed by atoms with Gasteiger partial charge < -0.3 is 24.6 Å². The van der Waals surface area contributed by atoms with E-state index in [9.17, 15) is 9.50 Å². The van der Waals surface area contributed by atoms with E-state index in [1.54, 1.807) is 32.4 Å². The number of hydrogen-bond donors (Lipinski definition) is 2. The predicted molar refractivity (Wildman–Crippen MR) is 102 cm³/mol. The van der Waals surface area contributed by atoms with E-state index in [4.69, 9.17) is 14.2 Å². The first-order valence-electron chi connectivity index (χ1n) is 8.38. The summed E-state index contributed by atoms with van der Waals surface area (Å²) in [5.74, 6) is 0.593. The molecule has 0 amide bonds. The molecule has 0 saturated carbocycles. The number of benzene rings is 2. The Morgan fingerprint density at radius 3 is 2.67 bits per heavy atom. The molecule has 0 unspecified atom stereocenters. The number of anilines is 2. The third kappa shape index (κ3) is 3.88. The van der Waals surface area contributed by atoms with Gasteiger partial charge in [-0.15, -0.1) is 0 Å². The molecule has 0 spiro atoms. The van der Waals surface area contributed by atoms with Gasteiger partial charge in [-0.3, -0.25) is 4.98 Å². The summed E-state index contributed by atoms with van der Waals surface area (Å²) in [5.41, 5.74) is 1.85. The Labute approximate surface area is 156 Å². The Morgan fingerprint density at radius 1 is 1.11 bits per heavy atom. The van der Waals surface area contributed by atoms with E-state index in [-0.39, 0.29) is 11.4 Å². The standard InChI is InChI=1S/C20H21FN2O4/c1-12-10-14(21)16(11-17(12)24)23-15-6-7-22-19-13(15)4-5-18(20(19)26-3)27-9-8-25-2/h4-7,10-11,24H,8-9H2,1-3H3,(H,22,23). The third-order valence-electron chi connectivity index (χ3n) is 4.13. The van der Waals surface area contributed by atoms with Crippen LogP contribution in [0.25, 0.3) is 10.9 Å². The predicted octanol–water partition coefficient (Wildman–Crippen LogP) is 4.17. The van der Waals surface area contributed by atoms with E-state index in [0.717, 1.165) is 5.39 Å². The van der Waals surface area contributed by atoms with Crippen LogP contribution in [0, 0.1) is 12.7 Å². The highest BCUT2D eigenvalue weighted by molar-refractivity contribution is 5.97. The van der Waals surface area contributed by atoms with E-state index >= 15 is 0 Å². The van der Waals surface area contributed by atoms with Gasteiger partial charge in [-0.05, 0) is 36.8 Å². The molecule has 3 aromatic rings. The van der Waals surface area contributed by atoms with E-state index < -0.39 is 5.82 Å². The average Bonchev–Trinajstić information content (AvgIpc) is 2.66. The number of phenolic OH excluding ortho intramolecular Hbond substituents is 1. The van der Waals surface area contributed by atoms with Crippen LogP contribution in [0.5, 0.6) is 17.2 Å². The number of nitrogens with zero attached hydrogens (tertiary/aromatic N) is 1. The zero-order valence-corrected chi connectivity index (χ0v) is 15.4. The van der Waals surface area contributed by atoms with Gasteiger partial charge in [0.05, 0.1) is 19.4 Å². The summed E-state index contributed by atoms with van der Waals surface area (Å²) in [7, 11) is 3.14. The summed E-state index contributed by atoms with van der Waals surface area (Å²) in [5, 5.41) is 13.6. The van der Waals surface area contributed by atoms with Crippen molar-refractivity contribution < 1.29 is 23.7 Å². The van der Waals surface area contributed by atoms with Crippen molar-refractivity contribution in [3.8, 4) is 17.2 Å². The minimum absolute atomic E-state index is 0.0173. The van der Waals surface area contributed by atoms with Gasteiger partial charge in [0, 0.05) is 30.4 Å². The molecular formula is C20H21FN2O4. The summed E-state index contributed by atoms with van der Waals surface area (Å²) in [6, 6.07) is 7.96. The fourth-order valence-electron chi connectivity index (χ4n) is 2.73. The Kier molecular flexibility index (Phi) is 5.61. The first-order chi connectivity index (χ1) is 13.0. The second-order valence-electron chi connectivity index (χ2n) is 5.94. The molecule has 0 aliphatic carbocycles. The highest BCUT2D eigenvalue weighted by Crippen LogP contribution is 2.38. The number of aryl methyl sites for hydroxylation is 1. The number of phenols is 1. The second-order valence-corrected chi connectivity index (χ2v) is 5.94. The topological polar surface area (TPSA) is 72.8 Å². The number of ether oxygens (including phenoxy) is 3. The number of fused-ring (bicyclic) bond motifs is 1. The molecule has 0 aliphatic heterocycles. The van der Waals surface area contributed by atoms with Crippen molar-refractivity contribution in [3.63, 3.8) is 0 Å². The van der Waals surface area contributed by atoms with Crippen molar-refractivity contribution in [3.05, 3.63) is 47.9 Å². The molecule has 3 rings (SSSR count). The molecule has 1 heterocycles. The normalized spacial score (nSPS) is 10.8. The second kappa shape index (κ2) is 8.09. The molecule has 7 heteroatoms. The number of aromatic nitrogens is 1. The van der Waals surface area contributed by atoms with Crippen LogP contribution in [0.2, 0.25) is 0 Å². The Morgan fingerprint density at radius 2 is 1.93 bits per heavy atom. The van der Waals surface area contributed by atoms with Crippen LogP contribution in [0.15, 0.2) is 36.5 Å². The van der Waals surface area contributed by atoms with Gasteiger partial charge in [0.2, 0.25) is 0 Å². The van der Waals surface area contributed by atoms with Gasteiger partial charge in [0.15, 0.2) is 11.5 Å². The lowest BCUT2D eigenvalue weighted by Crippen LogP contribution is -2.05. The number of halogens is 1. The lowest BCUT2D eigenvalue weighted by Gasteiger charge is -2.15. The van der Waals surface area contributed by atoms with Crippen LogP contribution in [0.1, 0.15) is 5.56 Å². The van der Waals surface area contributed by atoms with Gasteiger partial charge in [0.1, 0.15) is 23.7 Å². The van der Waals surface area contributed by atoms with Crippen molar-refractivity contribution in [2.24, 2.45) is 0 Å². The van der Waals surface area contributed by atoms with Gasteiger partial charge >= 0.3 is 0 Å². The van der Waals surface area contributed by atoms with Crippen LogP contribution in [-0.4, -0.2) is 37.5 Å². The number of pyridine rings is 1. The maximum atomic E-state index is 14.3. The molecule has 0 bridgehead atoms. The van der Waals surface area contributed by atoms with Gasteiger partial charge in [-0.2, -0.15) is 0 Å². The molecule has 0 saturated heterocycles. The molecular weight excluding hydrogens is 351 g/mol. The van der Waals surface area contributed by atoms with E-state index in [2.05, 4.69) is 10.3 Å². The Bertz CT molecular complexity index is 962. The van der Waals surface area contributed by atoms with Crippen molar-refractivity contribution >= 4 is 22.3 Å². The first kappa shape index (κ1) is 18.7. The molecule has 0 radical (unpaired) electrons. The highest BCUT2D eigenvalue weighted by Gasteiger charge is 2.15. The SMILES string of the molecule is COCCOc1ccc2c(Nc3cc(O)c(C)cc3F)ccnc2c1OC. The summed E-state index contributed by atoms with van der Waals surface area (Å²) >= 11 is 0. The number of aromatic hydroxyl groups is 1. The minimum Gasteiger partial charge on any atom is -0.508 e. The summed E-state index contributed by atoms with van der Waals surface area (Å²) in [6.07, 6.45) is 1.60. The molecule has 142 valence electrons. The number of nitrogens with one attached hydrogen (secondary N) is 1. The van der Waals surface area contributed by atoms with Gasteiger partial charge in [0.25, 0.3) is 0 Å². The third-order valence-corrected chi connectivity index (χ3v) is 4.13. The maximum Gasteiger partial charge on any atom is 0.187 e. The largest absolute Gasteiger partial charge is 0.508 e. The minimum atomic E-state index is -0.457. The lowest BCUT2D eigenvalue weighted by molar-refractivity contribution is 0.144. The monoisotopic (exact) mass is 372 g/mol. The fourth-order valence-corrected chi connectivity index (χ4v) is 2.73. The smallest absolute Gasteiger partial charge is 0.187 e. The van der Waals surface area contributed by atoms with Crippen LogP contribution < -0.4 is 14.8 Å². The molecule has 0 aliphatic rings. The molecule has 27 heavy (non-hydrogen) atoms. The summed E-state index contributed by atoms with van der Waals surface area (Å²) in [6.45, 7) is 2.47. The molecule has 0 atom stereocenters. The quantitative estimate of drug-likeness (QED) is 0.607. The van der Waals surface area contributed by atoms with Crippen LogP contribution >= 0.6 is 0 Å². The average molecular weight is 372 g/mol. The zero-order valence-electron chi connectivity index (χ0n) is 15.4. The number of hydrogen-bond acceptors (Lipinski definition) is 6. The van der Waals surface area contributed by atoms with Crippen LogP contribution in [0.4, 0.5) is 15.8 Å². The number of methoxy groups -OCH3 is 2. The van der Waals surface area contributed by atoms with Crippen molar-refractivity contribution in [2.45, 2.75) is 6.92 Å². The van der Waals surface area contributed by atoms with E-state index in [1.165, 1.54) is 19.2 Å². The summed E-state index contributed by atoms with van der Waals surface area (Å²) in [4.78, 5) is 4.38. The molecule has 0 fully saturated rings. The van der Waals surface area contributed by atoms with Crippen LogP contribution in [-0.2, 0) is 4.74 Å². The molecule has 1 aromatic heterocycles. The molecule has 6 nitrogen and oxygen atoms in total. The maximum absolute atomic E-state index is 14.3. The van der Waals surface area contributed by atoms with Gasteiger partial charge in [-0.1, -0.05) is 0 Å². The fraction of sp³-hybridized carbons (Fsp3) is 0.250. The van der Waals surface area contributed by atoms with Gasteiger partial charge in [-0.25, -0.2) is 4.39 Å². The molecule has 2 N–H and O–H groups in total. The Balaban J connectivity index is 2.01. The lowest BCUT2D eigenvalue weighted by atomic mass is 10.1. The summed E-state index contributed by atoms with van der Waals surface area (Å²) < 4.78 is 30.4. The van der Waals surface area contributed by atoms with Crippen LogP contribution in [0.3, 0.4) is 0 Å². The van der Waals surface area contributed by atoms with E-state index in [1.807, 2.05) is 6.07 Å².